The molecule has 1 aromatic heterocycles. The fraction of sp³-hybridized carbons (Fsp3) is 0.500. The fourth-order valence-electron chi connectivity index (χ4n) is 3.03. The van der Waals surface area contributed by atoms with Gasteiger partial charge in [0.25, 0.3) is 0 Å². The van der Waals surface area contributed by atoms with Crippen molar-refractivity contribution in [1.29, 1.82) is 0 Å². The molecule has 5 heteroatoms. The van der Waals surface area contributed by atoms with E-state index in [1.54, 1.807) is 12.1 Å². The molecule has 0 bridgehead atoms. The molecule has 21 heavy (non-hydrogen) atoms. The van der Waals surface area contributed by atoms with Gasteiger partial charge in [-0.3, -0.25) is 4.90 Å². The third-order valence-electron chi connectivity index (χ3n) is 4.10. The van der Waals surface area contributed by atoms with E-state index in [0.717, 1.165) is 25.2 Å². The molecule has 1 fully saturated rings. The van der Waals surface area contributed by atoms with E-state index in [-0.39, 0.29) is 5.82 Å². The normalized spacial score (nSPS) is 19.5. The first-order valence-electron chi connectivity index (χ1n) is 7.46. The number of rotatable bonds is 4. The van der Waals surface area contributed by atoms with Crippen LogP contribution in [0.1, 0.15) is 54.8 Å². The monoisotopic (exact) mass is 305 g/mol. The zero-order chi connectivity index (χ0) is 14.8. The van der Waals surface area contributed by atoms with Gasteiger partial charge < -0.3 is 0 Å². The second-order valence-electron chi connectivity index (χ2n) is 5.92. The number of nitrogens with zero attached hydrogens (tertiary/aromatic N) is 3. The van der Waals surface area contributed by atoms with Gasteiger partial charge in [0, 0.05) is 12.6 Å². The average Bonchev–Trinajstić information content (AvgIpc) is 3.09. The summed E-state index contributed by atoms with van der Waals surface area (Å²) in [5, 5.41) is 4.26. The van der Waals surface area contributed by atoms with Crippen molar-refractivity contribution >= 4 is 11.5 Å². The summed E-state index contributed by atoms with van der Waals surface area (Å²) in [6.07, 6.45) is 2.32. The van der Waals surface area contributed by atoms with E-state index in [2.05, 4.69) is 28.3 Å². The fourth-order valence-corrected chi connectivity index (χ4v) is 3.85. The lowest BCUT2D eigenvalue weighted by atomic mass is 10.0. The van der Waals surface area contributed by atoms with Gasteiger partial charge in [0.2, 0.25) is 0 Å². The van der Waals surface area contributed by atoms with E-state index in [9.17, 15) is 4.39 Å². The summed E-state index contributed by atoms with van der Waals surface area (Å²) >= 11 is 1.50. The third-order valence-corrected chi connectivity index (χ3v) is 4.82. The van der Waals surface area contributed by atoms with Crippen molar-refractivity contribution in [3.05, 3.63) is 46.2 Å². The van der Waals surface area contributed by atoms with E-state index >= 15 is 0 Å². The molecule has 3 rings (SSSR count). The molecule has 1 aliphatic rings. The van der Waals surface area contributed by atoms with E-state index < -0.39 is 0 Å². The number of aromatic nitrogens is 2. The minimum absolute atomic E-state index is 0.169. The van der Waals surface area contributed by atoms with Crippen molar-refractivity contribution in [1.82, 2.24) is 14.5 Å². The first kappa shape index (κ1) is 14.6. The van der Waals surface area contributed by atoms with Crippen LogP contribution in [0.2, 0.25) is 0 Å². The number of benzene rings is 1. The summed E-state index contributed by atoms with van der Waals surface area (Å²) in [5.41, 5.74) is 2.32. The summed E-state index contributed by atoms with van der Waals surface area (Å²) < 4.78 is 17.2. The lowest BCUT2D eigenvalue weighted by molar-refractivity contribution is 0.249. The number of halogens is 1. The Bertz CT molecular complexity index is 594. The molecule has 1 atom stereocenters. The summed E-state index contributed by atoms with van der Waals surface area (Å²) in [5.74, 6) is 0.239. The quantitative estimate of drug-likeness (QED) is 0.850. The minimum atomic E-state index is -0.169. The highest BCUT2D eigenvalue weighted by Gasteiger charge is 2.27. The van der Waals surface area contributed by atoms with Crippen LogP contribution in [-0.2, 0) is 6.54 Å². The zero-order valence-electron chi connectivity index (χ0n) is 12.4. The second-order valence-corrected chi connectivity index (χ2v) is 6.75. The van der Waals surface area contributed by atoms with E-state index in [1.165, 1.54) is 28.4 Å². The van der Waals surface area contributed by atoms with Gasteiger partial charge in [-0.05, 0) is 54.5 Å². The Hall–Kier alpha value is -1.33. The van der Waals surface area contributed by atoms with Crippen LogP contribution >= 0.6 is 11.5 Å². The maximum Gasteiger partial charge on any atom is 0.123 e. The highest BCUT2D eigenvalue weighted by atomic mass is 32.1. The number of hydrogen-bond acceptors (Lipinski definition) is 4. The summed E-state index contributed by atoms with van der Waals surface area (Å²) in [6, 6.07) is 7.31. The molecule has 0 saturated carbocycles. The molecule has 0 radical (unpaired) electrons. The Morgan fingerprint density at radius 2 is 2.10 bits per heavy atom. The van der Waals surface area contributed by atoms with Gasteiger partial charge in [0.1, 0.15) is 5.82 Å². The van der Waals surface area contributed by atoms with Gasteiger partial charge in [-0.2, -0.15) is 0 Å². The Kier molecular flexibility index (Phi) is 4.31. The molecule has 2 heterocycles. The van der Waals surface area contributed by atoms with Crippen LogP contribution in [-0.4, -0.2) is 21.0 Å². The molecule has 0 N–H and O–H groups in total. The standard InChI is InChI=1S/C16H20FN3S/c1-11(2)16-15(21-19-18-16)10-20-9-3-4-14(20)12-5-7-13(17)8-6-12/h5-8,11,14H,3-4,9-10H2,1-2H3/t14-/m1/s1. The topological polar surface area (TPSA) is 29.0 Å². The zero-order valence-corrected chi connectivity index (χ0v) is 13.2. The van der Waals surface area contributed by atoms with Crippen molar-refractivity contribution < 1.29 is 4.39 Å². The molecular weight excluding hydrogens is 285 g/mol. The van der Waals surface area contributed by atoms with Gasteiger partial charge in [-0.1, -0.05) is 30.5 Å². The van der Waals surface area contributed by atoms with E-state index in [0.29, 0.717) is 12.0 Å². The Morgan fingerprint density at radius 3 is 2.81 bits per heavy atom. The smallest absolute Gasteiger partial charge is 0.123 e. The molecular formula is C16H20FN3S. The predicted octanol–water partition coefficient (Wildman–Crippen LogP) is 4.14. The SMILES string of the molecule is CC(C)c1nnsc1CN1CCC[C@@H]1c1ccc(F)cc1. The lowest BCUT2D eigenvalue weighted by Gasteiger charge is -2.24. The third kappa shape index (κ3) is 3.14. The molecule has 0 aliphatic carbocycles. The molecule has 0 unspecified atom stereocenters. The number of likely N-dealkylation sites (tertiary alicyclic amines) is 1. The maximum absolute atomic E-state index is 13.1. The molecule has 0 spiro atoms. The number of hydrogen-bond donors (Lipinski definition) is 0. The summed E-state index contributed by atoms with van der Waals surface area (Å²) in [4.78, 5) is 3.73. The molecule has 112 valence electrons. The van der Waals surface area contributed by atoms with Gasteiger partial charge >= 0.3 is 0 Å². The molecule has 1 aromatic carbocycles. The van der Waals surface area contributed by atoms with Crippen molar-refractivity contribution in [2.45, 2.75) is 45.2 Å². The first-order valence-corrected chi connectivity index (χ1v) is 8.23. The molecule has 1 saturated heterocycles. The van der Waals surface area contributed by atoms with Gasteiger partial charge in [0.05, 0.1) is 10.6 Å². The Labute approximate surface area is 129 Å². The summed E-state index contributed by atoms with van der Waals surface area (Å²) in [7, 11) is 0. The predicted molar refractivity (Wildman–Crippen MR) is 82.8 cm³/mol. The minimum Gasteiger partial charge on any atom is -0.291 e. The largest absolute Gasteiger partial charge is 0.291 e. The van der Waals surface area contributed by atoms with Crippen LogP contribution in [0.3, 0.4) is 0 Å². The van der Waals surface area contributed by atoms with Crippen molar-refractivity contribution in [3.63, 3.8) is 0 Å². The average molecular weight is 305 g/mol. The Balaban J connectivity index is 1.78. The van der Waals surface area contributed by atoms with Gasteiger partial charge in [0.15, 0.2) is 0 Å². The molecule has 3 nitrogen and oxygen atoms in total. The van der Waals surface area contributed by atoms with Crippen LogP contribution < -0.4 is 0 Å². The van der Waals surface area contributed by atoms with Crippen molar-refractivity contribution in [2.75, 3.05) is 6.54 Å². The highest BCUT2D eigenvalue weighted by molar-refractivity contribution is 7.05. The molecule has 1 aliphatic heterocycles. The maximum atomic E-state index is 13.1. The highest BCUT2D eigenvalue weighted by Crippen LogP contribution is 2.34. The van der Waals surface area contributed by atoms with Gasteiger partial charge in [-0.25, -0.2) is 4.39 Å². The van der Waals surface area contributed by atoms with Crippen LogP contribution in [0, 0.1) is 5.82 Å². The first-order chi connectivity index (χ1) is 10.1. The van der Waals surface area contributed by atoms with Crippen LogP contribution in [0.4, 0.5) is 4.39 Å². The van der Waals surface area contributed by atoms with E-state index in [1.807, 2.05) is 12.1 Å². The Morgan fingerprint density at radius 1 is 1.33 bits per heavy atom. The van der Waals surface area contributed by atoms with Crippen LogP contribution in [0.5, 0.6) is 0 Å². The molecule has 2 aromatic rings. The van der Waals surface area contributed by atoms with Crippen LogP contribution in [0.25, 0.3) is 0 Å². The lowest BCUT2D eigenvalue weighted by Crippen LogP contribution is -2.23. The second kappa shape index (κ2) is 6.20. The summed E-state index contributed by atoms with van der Waals surface area (Å²) in [6.45, 7) is 6.29. The van der Waals surface area contributed by atoms with Crippen molar-refractivity contribution in [3.8, 4) is 0 Å². The molecule has 0 amide bonds. The van der Waals surface area contributed by atoms with Crippen molar-refractivity contribution in [2.24, 2.45) is 0 Å². The van der Waals surface area contributed by atoms with Gasteiger partial charge in [-0.15, -0.1) is 5.10 Å². The van der Waals surface area contributed by atoms with Crippen LogP contribution in [0.15, 0.2) is 24.3 Å². The van der Waals surface area contributed by atoms with E-state index in [4.69, 9.17) is 0 Å².